The van der Waals surface area contributed by atoms with Gasteiger partial charge in [-0.25, -0.2) is 0 Å². The Morgan fingerprint density at radius 2 is 1.93 bits per heavy atom. The summed E-state index contributed by atoms with van der Waals surface area (Å²) in [7, 11) is 0. The van der Waals surface area contributed by atoms with Crippen LogP contribution in [0.25, 0.3) is 0 Å². The van der Waals surface area contributed by atoms with Crippen LogP contribution < -0.4 is 5.32 Å². The Hall–Kier alpha value is -2.14. The molecule has 1 fully saturated rings. The minimum atomic E-state index is 0.00675. The summed E-state index contributed by atoms with van der Waals surface area (Å²) in [5, 5.41) is 3.08. The minimum Gasteiger partial charge on any atom is -0.352 e. The van der Waals surface area contributed by atoms with Gasteiger partial charge in [-0.15, -0.1) is 11.3 Å². The van der Waals surface area contributed by atoms with Gasteiger partial charge >= 0.3 is 0 Å². The van der Waals surface area contributed by atoms with E-state index in [2.05, 4.69) is 36.5 Å². The third kappa shape index (κ3) is 4.08. The Bertz CT molecular complexity index is 834. The van der Waals surface area contributed by atoms with E-state index in [-0.39, 0.29) is 17.7 Å². The molecule has 0 bridgehead atoms. The molecule has 5 heteroatoms. The van der Waals surface area contributed by atoms with Crippen molar-refractivity contribution in [2.45, 2.75) is 45.6 Å². The van der Waals surface area contributed by atoms with Gasteiger partial charge < -0.3 is 10.2 Å². The first kappa shape index (κ1) is 18.2. The number of nitrogens with one attached hydrogen (secondary N) is 1. The Kier molecular flexibility index (Phi) is 5.30. The number of likely N-dealkylation sites (tertiary alicyclic amines) is 1. The molecule has 1 aromatic carbocycles. The number of carbonyl (C=O) groups is 2. The number of benzene rings is 1. The van der Waals surface area contributed by atoms with Gasteiger partial charge in [0.15, 0.2) is 0 Å². The molecule has 27 heavy (non-hydrogen) atoms. The number of aryl methyl sites for hydroxylation is 2. The molecule has 4 nitrogen and oxygen atoms in total. The van der Waals surface area contributed by atoms with Gasteiger partial charge in [0.2, 0.25) is 5.91 Å². The SMILES string of the molecule is Cc1ccc(CNC(=O)[C@H]2CCc3sc(C(=O)N4CCCC4)cc3C2)cc1. The van der Waals surface area contributed by atoms with Crippen molar-refractivity contribution in [2.24, 2.45) is 5.92 Å². The van der Waals surface area contributed by atoms with Crippen LogP contribution >= 0.6 is 11.3 Å². The predicted molar refractivity (Wildman–Crippen MR) is 108 cm³/mol. The molecule has 0 spiro atoms. The second kappa shape index (κ2) is 7.85. The fourth-order valence-electron chi connectivity index (χ4n) is 3.97. The van der Waals surface area contributed by atoms with Crippen molar-refractivity contribution < 1.29 is 9.59 Å². The normalized spacial score (nSPS) is 19.0. The lowest BCUT2D eigenvalue weighted by Gasteiger charge is -2.21. The van der Waals surface area contributed by atoms with Gasteiger partial charge in [0.05, 0.1) is 4.88 Å². The number of hydrogen-bond acceptors (Lipinski definition) is 3. The maximum absolute atomic E-state index is 12.6. The molecule has 1 N–H and O–H groups in total. The van der Waals surface area contributed by atoms with Crippen molar-refractivity contribution in [3.8, 4) is 0 Å². The first-order valence-corrected chi connectivity index (χ1v) is 10.7. The Morgan fingerprint density at radius 3 is 2.67 bits per heavy atom. The summed E-state index contributed by atoms with van der Waals surface area (Å²) >= 11 is 1.63. The van der Waals surface area contributed by atoms with Crippen LogP contribution in [0.4, 0.5) is 0 Å². The molecule has 1 saturated heterocycles. The predicted octanol–water partition coefficient (Wildman–Crippen LogP) is 3.71. The fourth-order valence-corrected chi connectivity index (χ4v) is 5.14. The van der Waals surface area contributed by atoms with Crippen molar-refractivity contribution in [1.82, 2.24) is 10.2 Å². The van der Waals surface area contributed by atoms with E-state index in [9.17, 15) is 9.59 Å². The van der Waals surface area contributed by atoms with Gasteiger partial charge in [-0.2, -0.15) is 0 Å². The molecular weight excluding hydrogens is 356 g/mol. The van der Waals surface area contributed by atoms with E-state index >= 15 is 0 Å². The zero-order valence-electron chi connectivity index (χ0n) is 15.8. The van der Waals surface area contributed by atoms with Crippen LogP contribution in [0.15, 0.2) is 30.3 Å². The molecule has 2 aromatic rings. The van der Waals surface area contributed by atoms with E-state index in [4.69, 9.17) is 0 Å². The minimum absolute atomic E-state index is 0.00675. The van der Waals surface area contributed by atoms with Crippen molar-refractivity contribution in [1.29, 1.82) is 0 Å². The van der Waals surface area contributed by atoms with Gasteiger partial charge in [0.1, 0.15) is 0 Å². The maximum Gasteiger partial charge on any atom is 0.263 e. The van der Waals surface area contributed by atoms with Crippen LogP contribution in [0.2, 0.25) is 0 Å². The number of thiophene rings is 1. The Balaban J connectivity index is 1.36. The van der Waals surface area contributed by atoms with Crippen LogP contribution in [0.5, 0.6) is 0 Å². The molecule has 142 valence electrons. The lowest BCUT2D eigenvalue weighted by Crippen LogP contribution is -2.33. The van der Waals surface area contributed by atoms with Crippen LogP contribution in [-0.4, -0.2) is 29.8 Å². The van der Waals surface area contributed by atoms with Crippen molar-refractivity contribution in [3.05, 3.63) is 56.8 Å². The monoisotopic (exact) mass is 382 g/mol. The zero-order valence-corrected chi connectivity index (χ0v) is 16.6. The topological polar surface area (TPSA) is 49.4 Å². The zero-order chi connectivity index (χ0) is 18.8. The maximum atomic E-state index is 12.6. The lowest BCUT2D eigenvalue weighted by molar-refractivity contribution is -0.125. The number of carbonyl (C=O) groups excluding carboxylic acids is 2. The van der Waals surface area contributed by atoms with E-state index in [1.165, 1.54) is 16.0 Å². The smallest absolute Gasteiger partial charge is 0.263 e. The lowest BCUT2D eigenvalue weighted by atomic mass is 9.87. The van der Waals surface area contributed by atoms with Crippen LogP contribution in [-0.2, 0) is 24.2 Å². The highest BCUT2D eigenvalue weighted by Gasteiger charge is 2.29. The number of nitrogens with zero attached hydrogens (tertiary/aromatic N) is 1. The summed E-state index contributed by atoms with van der Waals surface area (Å²) in [4.78, 5) is 29.3. The van der Waals surface area contributed by atoms with E-state index in [0.29, 0.717) is 6.54 Å². The highest BCUT2D eigenvalue weighted by atomic mass is 32.1. The highest BCUT2D eigenvalue weighted by Crippen LogP contribution is 2.33. The third-order valence-corrected chi connectivity index (χ3v) is 6.87. The number of rotatable bonds is 4. The van der Waals surface area contributed by atoms with Gasteiger partial charge in [-0.05, 0) is 56.2 Å². The standard InChI is InChI=1S/C22H26N2O2S/c1-15-4-6-16(7-5-15)14-23-21(25)17-8-9-19-18(12-17)13-20(27-19)22(26)24-10-2-3-11-24/h4-7,13,17H,2-3,8-12,14H2,1H3,(H,23,25)/t17-/m0/s1. The van der Waals surface area contributed by atoms with Gasteiger partial charge in [0.25, 0.3) is 5.91 Å². The molecule has 2 heterocycles. The number of hydrogen-bond donors (Lipinski definition) is 1. The number of fused-ring (bicyclic) bond motifs is 1. The van der Waals surface area contributed by atoms with Gasteiger partial charge in [0, 0.05) is 30.4 Å². The number of amides is 2. The van der Waals surface area contributed by atoms with Gasteiger partial charge in [-0.3, -0.25) is 9.59 Å². The quantitative estimate of drug-likeness (QED) is 0.876. The second-order valence-corrected chi connectivity index (χ2v) is 8.84. The third-order valence-electron chi connectivity index (χ3n) is 5.65. The molecule has 1 aromatic heterocycles. The van der Waals surface area contributed by atoms with Crippen LogP contribution in [0.1, 0.15) is 50.5 Å². The van der Waals surface area contributed by atoms with Crippen molar-refractivity contribution in [2.75, 3.05) is 13.1 Å². The summed E-state index contributed by atoms with van der Waals surface area (Å²) < 4.78 is 0. The van der Waals surface area contributed by atoms with Crippen LogP contribution in [0, 0.1) is 12.8 Å². The molecule has 2 aliphatic rings. The highest BCUT2D eigenvalue weighted by molar-refractivity contribution is 7.14. The van der Waals surface area contributed by atoms with Crippen molar-refractivity contribution >= 4 is 23.2 Å². The molecule has 1 aliphatic carbocycles. The first-order chi connectivity index (χ1) is 13.1. The molecule has 0 saturated carbocycles. The summed E-state index contributed by atoms with van der Waals surface area (Å²) in [5.74, 6) is 0.305. The Morgan fingerprint density at radius 1 is 1.19 bits per heavy atom. The van der Waals surface area contributed by atoms with E-state index in [1.807, 2.05) is 11.0 Å². The first-order valence-electron chi connectivity index (χ1n) is 9.84. The average molecular weight is 383 g/mol. The van der Waals surface area contributed by atoms with Crippen LogP contribution in [0.3, 0.4) is 0 Å². The molecule has 4 rings (SSSR count). The van der Waals surface area contributed by atoms with E-state index < -0.39 is 0 Å². The molecule has 2 amide bonds. The molecule has 0 unspecified atom stereocenters. The van der Waals surface area contributed by atoms with E-state index in [0.717, 1.165) is 55.6 Å². The largest absolute Gasteiger partial charge is 0.352 e. The molecule has 1 atom stereocenters. The summed E-state index contributed by atoms with van der Waals surface area (Å²) in [5.41, 5.74) is 3.55. The Labute approximate surface area is 164 Å². The molecule has 1 aliphatic heterocycles. The molecule has 0 radical (unpaired) electrons. The van der Waals surface area contributed by atoms with Crippen molar-refractivity contribution in [3.63, 3.8) is 0 Å². The fraction of sp³-hybridized carbons (Fsp3) is 0.455. The molecular formula is C22H26N2O2S. The average Bonchev–Trinajstić information content (AvgIpc) is 3.36. The summed E-state index contributed by atoms with van der Waals surface area (Å²) in [6.45, 7) is 4.40. The second-order valence-electron chi connectivity index (χ2n) is 7.70. The van der Waals surface area contributed by atoms with E-state index in [1.54, 1.807) is 11.3 Å². The summed E-state index contributed by atoms with van der Waals surface area (Å²) in [6.07, 6.45) is 4.74. The summed E-state index contributed by atoms with van der Waals surface area (Å²) in [6, 6.07) is 10.3. The van der Waals surface area contributed by atoms with Gasteiger partial charge in [-0.1, -0.05) is 29.8 Å².